The van der Waals surface area contributed by atoms with E-state index in [1.807, 2.05) is 31.3 Å². The molecule has 0 bridgehead atoms. The van der Waals surface area contributed by atoms with Crippen molar-refractivity contribution >= 4 is 57.4 Å². The topological polar surface area (TPSA) is 55.8 Å². The number of halogens is 2. The molecule has 8 heteroatoms. The summed E-state index contributed by atoms with van der Waals surface area (Å²) in [6, 6.07) is 13.0. The van der Waals surface area contributed by atoms with E-state index in [1.165, 1.54) is 5.69 Å². The summed E-state index contributed by atoms with van der Waals surface area (Å²) in [6.07, 6.45) is 2.94. The fraction of sp³-hybridized carbons (Fsp3) is 0.429. The van der Waals surface area contributed by atoms with Gasteiger partial charge in [0.1, 0.15) is 5.82 Å². The van der Waals surface area contributed by atoms with Crippen molar-refractivity contribution in [3.8, 4) is 0 Å². The number of rotatable bonds is 6. The molecule has 2 aromatic rings. The number of pyridine rings is 1. The highest BCUT2D eigenvalue weighted by atomic mass is 127. The summed E-state index contributed by atoms with van der Waals surface area (Å²) in [6.45, 7) is 5.59. The van der Waals surface area contributed by atoms with Crippen molar-refractivity contribution in [3.05, 3.63) is 52.6 Å². The first kappa shape index (κ1) is 23.7. The van der Waals surface area contributed by atoms with Crippen LogP contribution in [-0.4, -0.2) is 50.7 Å². The quantitative estimate of drug-likeness (QED) is 0.313. The van der Waals surface area contributed by atoms with Crippen molar-refractivity contribution in [3.63, 3.8) is 0 Å². The third-order valence-corrected chi connectivity index (χ3v) is 5.28. The molecule has 1 aromatic carbocycles. The standard InChI is InChI=1S/C21H29BrN6.HI/c1-4-23-21(25-14-16-9-11-24-20(13-16)27(2)3)26-18-10-12-28(15-18)19-7-5-17(22)6-8-19;/h5-9,11,13,18H,4,10,12,14-15H2,1-3H3,(H2,23,25,26);1H. The number of aliphatic imine (C=N–C) groups is 1. The molecule has 6 nitrogen and oxygen atoms in total. The molecule has 29 heavy (non-hydrogen) atoms. The smallest absolute Gasteiger partial charge is 0.191 e. The Morgan fingerprint density at radius 1 is 1.28 bits per heavy atom. The van der Waals surface area contributed by atoms with E-state index in [-0.39, 0.29) is 24.0 Å². The van der Waals surface area contributed by atoms with Crippen molar-refractivity contribution < 1.29 is 0 Å². The highest BCUT2D eigenvalue weighted by Gasteiger charge is 2.23. The second-order valence-electron chi connectivity index (χ2n) is 7.16. The molecule has 1 atom stereocenters. The molecule has 1 unspecified atom stereocenters. The molecular formula is C21H30BrIN6. The Hall–Kier alpha value is -1.55. The van der Waals surface area contributed by atoms with Gasteiger partial charge in [-0.25, -0.2) is 9.98 Å². The number of aromatic nitrogens is 1. The van der Waals surface area contributed by atoms with Gasteiger partial charge in [0.15, 0.2) is 5.96 Å². The van der Waals surface area contributed by atoms with Crippen molar-refractivity contribution in [2.45, 2.75) is 25.9 Å². The fourth-order valence-corrected chi connectivity index (χ4v) is 3.52. The minimum atomic E-state index is 0. The Labute approximate surface area is 199 Å². The van der Waals surface area contributed by atoms with Crippen LogP contribution in [0.3, 0.4) is 0 Å². The maximum Gasteiger partial charge on any atom is 0.191 e. The van der Waals surface area contributed by atoms with Crippen LogP contribution in [0.4, 0.5) is 11.5 Å². The molecule has 2 N–H and O–H groups in total. The van der Waals surface area contributed by atoms with E-state index in [4.69, 9.17) is 4.99 Å². The van der Waals surface area contributed by atoms with Gasteiger partial charge in [-0.05, 0) is 55.3 Å². The van der Waals surface area contributed by atoms with E-state index >= 15 is 0 Å². The van der Waals surface area contributed by atoms with Crippen LogP contribution >= 0.6 is 39.9 Å². The third-order valence-electron chi connectivity index (χ3n) is 4.75. The predicted molar refractivity (Wildman–Crippen MR) is 137 cm³/mol. The van der Waals surface area contributed by atoms with E-state index in [0.29, 0.717) is 12.6 Å². The van der Waals surface area contributed by atoms with Gasteiger partial charge in [-0.3, -0.25) is 0 Å². The van der Waals surface area contributed by atoms with E-state index in [2.05, 4.69) is 73.7 Å². The van der Waals surface area contributed by atoms with Crippen molar-refractivity contribution in [1.29, 1.82) is 0 Å². The number of guanidine groups is 1. The molecule has 3 rings (SSSR count). The van der Waals surface area contributed by atoms with E-state index in [9.17, 15) is 0 Å². The first-order valence-electron chi connectivity index (χ1n) is 9.72. The Bertz CT molecular complexity index is 796. The molecule has 1 aromatic heterocycles. The zero-order chi connectivity index (χ0) is 19.9. The molecule has 158 valence electrons. The van der Waals surface area contributed by atoms with E-state index in [0.717, 1.165) is 47.9 Å². The Balaban J connectivity index is 0.00000300. The number of nitrogens with one attached hydrogen (secondary N) is 2. The van der Waals surface area contributed by atoms with Crippen LogP contribution in [0.15, 0.2) is 52.1 Å². The summed E-state index contributed by atoms with van der Waals surface area (Å²) in [5, 5.41) is 6.96. The Morgan fingerprint density at radius 2 is 2.03 bits per heavy atom. The number of hydrogen-bond acceptors (Lipinski definition) is 4. The Morgan fingerprint density at radius 3 is 2.72 bits per heavy atom. The summed E-state index contributed by atoms with van der Waals surface area (Å²) in [5.74, 6) is 1.82. The monoisotopic (exact) mass is 572 g/mol. The highest BCUT2D eigenvalue weighted by Crippen LogP contribution is 2.22. The van der Waals surface area contributed by atoms with Gasteiger partial charge in [-0.15, -0.1) is 24.0 Å². The highest BCUT2D eigenvalue weighted by molar-refractivity contribution is 14.0. The normalized spacial score (nSPS) is 16.3. The number of anilines is 2. The van der Waals surface area contributed by atoms with Gasteiger partial charge in [0, 0.05) is 56.1 Å². The van der Waals surface area contributed by atoms with Crippen LogP contribution in [0.25, 0.3) is 0 Å². The summed E-state index contributed by atoms with van der Waals surface area (Å²) < 4.78 is 1.11. The zero-order valence-corrected chi connectivity index (χ0v) is 21.1. The number of nitrogens with zero attached hydrogens (tertiary/aromatic N) is 4. The SMILES string of the molecule is CCNC(=NCc1ccnc(N(C)C)c1)NC1CCN(c2ccc(Br)cc2)C1.I. The summed E-state index contributed by atoms with van der Waals surface area (Å²) in [7, 11) is 4.00. The first-order valence-corrected chi connectivity index (χ1v) is 10.5. The minimum absolute atomic E-state index is 0. The van der Waals surface area contributed by atoms with Crippen LogP contribution in [0, 0.1) is 0 Å². The van der Waals surface area contributed by atoms with E-state index in [1.54, 1.807) is 0 Å². The van der Waals surface area contributed by atoms with Gasteiger partial charge < -0.3 is 20.4 Å². The molecule has 0 radical (unpaired) electrons. The van der Waals surface area contributed by atoms with Gasteiger partial charge >= 0.3 is 0 Å². The molecule has 1 aliphatic heterocycles. The van der Waals surface area contributed by atoms with Crippen LogP contribution in [0.5, 0.6) is 0 Å². The summed E-state index contributed by atoms with van der Waals surface area (Å²) >= 11 is 3.50. The molecule has 1 aliphatic rings. The molecule has 1 saturated heterocycles. The average Bonchev–Trinajstić information content (AvgIpc) is 3.15. The summed E-state index contributed by atoms with van der Waals surface area (Å²) in [5.41, 5.74) is 2.42. The van der Waals surface area contributed by atoms with E-state index < -0.39 is 0 Å². The van der Waals surface area contributed by atoms with Crippen LogP contribution < -0.4 is 20.4 Å². The van der Waals surface area contributed by atoms with Crippen LogP contribution in [0.2, 0.25) is 0 Å². The van der Waals surface area contributed by atoms with Crippen LogP contribution in [0.1, 0.15) is 18.9 Å². The summed E-state index contributed by atoms with van der Waals surface area (Å²) in [4.78, 5) is 13.6. The zero-order valence-electron chi connectivity index (χ0n) is 17.2. The molecule has 0 aliphatic carbocycles. The lowest BCUT2D eigenvalue weighted by Crippen LogP contribution is -2.44. The largest absolute Gasteiger partial charge is 0.369 e. The fourth-order valence-electron chi connectivity index (χ4n) is 3.25. The van der Waals surface area contributed by atoms with Gasteiger partial charge in [0.25, 0.3) is 0 Å². The first-order chi connectivity index (χ1) is 13.5. The lowest BCUT2D eigenvalue weighted by molar-refractivity contribution is 0.649. The molecular weight excluding hydrogens is 543 g/mol. The second kappa shape index (κ2) is 11.6. The molecule has 2 heterocycles. The third kappa shape index (κ3) is 7.02. The van der Waals surface area contributed by atoms with Crippen LogP contribution in [-0.2, 0) is 6.54 Å². The molecule has 0 spiro atoms. The average molecular weight is 573 g/mol. The molecule has 0 saturated carbocycles. The second-order valence-corrected chi connectivity index (χ2v) is 8.08. The number of benzene rings is 1. The van der Waals surface area contributed by atoms with Crippen molar-refractivity contribution in [1.82, 2.24) is 15.6 Å². The maximum atomic E-state index is 4.78. The lowest BCUT2D eigenvalue weighted by Gasteiger charge is -2.20. The molecule has 1 fully saturated rings. The Kier molecular flexibility index (Phi) is 9.48. The van der Waals surface area contributed by atoms with Gasteiger partial charge in [0.05, 0.1) is 6.54 Å². The number of hydrogen-bond donors (Lipinski definition) is 2. The van der Waals surface area contributed by atoms with Crippen molar-refractivity contribution in [2.24, 2.45) is 4.99 Å². The lowest BCUT2D eigenvalue weighted by atomic mass is 10.2. The van der Waals surface area contributed by atoms with Gasteiger partial charge in [-0.2, -0.15) is 0 Å². The van der Waals surface area contributed by atoms with Gasteiger partial charge in [-0.1, -0.05) is 15.9 Å². The minimum Gasteiger partial charge on any atom is -0.369 e. The van der Waals surface area contributed by atoms with Gasteiger partial charge in [0.2, 0.25) is 0 Å². The van der Waals surface area contributed by atoms with Crippen molar-refractivity contribution in [2.75, 3.05) is 43.5 Å². The molecule has 0 amide bonds. The maximum absolute atomic E-state index is 4.78. The predicted octanol–water partition coefficient (Wildman–Crippen LogP) is 3.86.